The summed E-state index contributed by atoms with van der Waals surface area (Å²) >= 11 is 0. The van der Waals surface area contributed by atoms with E-state index in [0.717, 1.165) is 37.3 Å². The van der Waals surface area contributed by atoms with E-state index in [2.05, 4.69) is 10.00 Å². The molecule has 3 aromatic rings. The van der Waals surface area contributed by atoms with E-state index in [9.17, 15) is 4.79 Å². The number of fused-ring (bicyclic) bond motifs is 2. The van der Waals surface area contributed by atoms with Gasteiger partial charge in [-0.3, -0.25) is 14.4 Å². The van der Waals surface area contributed by atoms with Crippen molar-refractivity contribution in [1.29, 1.82) is 0 Å². The first-order valence-electron chi connectivity index (χ1n) is 9.53. The molecule has 2 aliphatic rings. The summed E-state index contributed by atoms with van der Waals surface area (Å²) in [6, 6.07) is 6.05. The second-order valence-corrected chi connectivity index (χ2v) is 7.52. The molecule has 7 nitrogen and oxygen atoms in total. The van der Waals surface area contributed by atoms with Crippen LogP contribution in [0.4, 0.5) is 0 Å². The zero-order valence-corrected chi connectivity index (χ0v) is 15.7. The van der Waals surface area contributed by atoms with Gasteiger partial charge >= 0.3 is 0 Å². The van der Waals surface area contributed by atoms with Crippen molar-refractivity contribution < 1.29 is 9.21 Å². The van der Waals surface area contributed by atoms with Crippen molar-refractivity contribution in [3.63, 3.8) is 0 Å². The molecule has 5 rings (SSSR count). The fourth-order valence-electron chi connectivity index (χ4n) is 4.51. The molecule has 5 heterocycles. The Hall–Kier alpha value is -2.67. The Bertz CT molecular complexity index is 1010. The largest absolute Gasteiger partial charge is 0.463 e. The van der Waals surface area contributed by atoms with Gasteiger partial charge < -0.3 is 9.32 Å². The zero-order valence-electron chi connectivity index (χ0n) is 15.7. The van der Waals surface area contributed by atoms with Crippen molar-refractivity contribution in [3.8, 4) is 11.5 Å². The molecule has 2 fully saturated rings. The highest BCUT2D eigenvalue weighted by Gasteiger charge is 2.34. The Morgan fingerprint density at radius 3 is 3.00 bits per heavy atom. The molecule has 3 aromatic heterocycles. The maximum atomic E-state index is 13.5. The Morgan fingerprint density at radius 1 is 1.30 bits per heavy atom. The number of carbonyl (C=O) groups excluding carboxylic acids is 1. The number of aryl methyl sites for hydroxylation is 2. The summed E-state index contributed by atoms with van der Waals surface area (Å²) in [5.74, 6) is 0.725. The third-order valence-electron chi connectivity index (χ3n) is 5.85. The average molecular weight is 365 g/mol. The number of furan rings is 1. The van der Waals surface area contributed by atoms with Crippen LogP contribution in [0.25, 0.3) is 22.5 Å². The summed E-state index contributed by atoms with van der Waals surface area (Å²) in [5.41, 5.74) is 2.87. The van der Waals surface area contributed by atoms with Gasteiger partial charge in [-0.25, -0.2) is 4.98 Å². The van der Waals surface area contributed by atoms with Crippen molar-refractivity contribution in [2.45, 2.75) is 25.8 Å². The van der Waals surface area contributed by atoms with Crippen molar-refractivity contribution >= 4 is 16.9 Å². The van der Waals surface area contributed by atoms with Crippen molar-refractivity contribution in [2.75, 3.05) is 26.2 Å². The summed E-state index contributed by atoms with van der Waals surface area (Å²) < 4.78 is 7.27. The maximum absolute atomic E-state index is 13.5. The topological polar surface area (TPSA) is 67.4 Å². The zero-order chi connectivity index (χ0) is 18.5. The highest BCUT2D eigenvalue weighted by atomic mass is 16.3. The van der Waals surface area contributed by atoms with Gasteiger partial charge in [0.2, 0.25) is 0 Å². The highest BCUT2D eigenvalue weighted by molar-refractivity contribution is 6.07. The number of nitrogens with zero attached hydrogens (tertiary/aromatic N) is 5. The molecule has 140 valence electrons. The van der Waals surface area contributed by atoms with Crippen LogP contribution in [0.15, 0.2) is 28.9 Å². The van der Waals surface area contributed by atoms with Gasteiger partial charge in [-0.05, 0) is 44.5 Å². The predicted molar refractivity (Wildman–Crippen MR) is 101 cm³/mol. The van der Waals surface area contributed by atoms with Crippen LogP contribution >= 0.6 is 0 Å². The van der Waals surface area contributed by atoms with Crippen molar-refractivity contribution in [3.05, 3.63) is 35.7 Å². The first-order chi connectivity index (χ1) is 13.1. The fourth-order valence-corrected chi connectivity index (χ4v) is 4.51. The second kappa shape index (κ2) is 6.20. The summed E-state index contributed by atoms with van der Waals surface area (Å²) in [7, 11) is 1.86. The number of rotatable bonds is 2. The number of hydrogen-bond acceptors (Lipinski definition) is 5. The van der Waals surface area contributed by atoms with E-state index < -0.39 is 0 Å². The van der Waals surface area contributed by atoms with Gasteiger partial charge in [0, 0.05) is 32.7 Å². The normalized spacial score (nSPS) is 20.4. The molecule has 0 saturated carbocycles. The minimum absolute atomic E-state index is 0.0675. The first-order valence-corrected chi connectivity index (χ1v) is 9.53. The van der Waals surface area contributed by atoms with Crippen LogP contribution in [-0.2, 0) is 7.05 Å². The lowest BCUT2D eigenvalue weighted by Crippen LogP contribution is -2.52. The lowest BCUT2D eigenvalue weighted by molar-refractivity contribution is 0.0573. The van der Waals surface area contributed by atoms with Crippen LogP contribution in [0, 0.1) is 6.92 Å². The minimum Gasteiger partial charge on any atom is -0.463 e. The fraction of sp³-hybridized carbons (Fsp3) is 0.450. The molecule has 0 aromatic carbocycles. The van der Waals surface area contributed by atoms with Crippen LogP contribution < -0.4 is 0 Å². The van der Waals surface area contributed by atoms with Crippen molar-refractivity contribution in [1.82, 2.24) is 24.6 Å². The third-order valence-corrected chi connectivity index (χ3v) is 5.85. The number of amides is 1. The van der Waals surface area contributed by atoms with Gasteiger partial charge in [-0.2, -0.15) is 5.10 Å². The molecule has 27 heavy (non-hydrogen) atoms. The summed E-state index contributed by atoms with van der Waals surface area (Å²) in [4.78, 5) is 22.7. The van der Waals surface area contributed by atoms with Gasteiger partial charge in [0.05, 0.1) is 22.9 Å². The number of hydrogen-bond donors (Lipinski definition) is 0. The Morgan fingerprint density at radius 2 is 2.19 bits per heavy atom. The van der Waals surface area contributed by atoms with Crippen LogP contribution in [0.2, 0.25) is 0 Å². The molecule has 1 atom stereocenters. The molecular formula is C20H23N5O2. The molecular weight excluding hydrogens is 342 g/mol. The summed E-state index contributed by atoms with van der Waals surface area (Å²) in [6.07, 6.45) is 4.03. The standard InChI is InChI=1S/C20H23N5O2/c1-13-18-15(20(26)25-9-8-24-7-3-5-14(24)12-25)11-16(17-6-4-10-27-17)21-19(18)23(2)22-13/h4,6,10-11,14H,3,5,7-9,12H2,1-2H3. The smallest absolute Gasteiger partial charge is 0.254 e. The quantitative estimate of drug-likeness (QED) is 0.698. The van der Waals surface area contributed by atoms with Gasteiger partial charge in [-0.15, -0.1) is 0 Å². The molecule has 0 aliphatic carbocycles. The van der Waals surface area contributed by atoms with Gasteiger partial charge in [0.15, 0.2) is 11.4 Å². The number of aromatic nitrogens is 3. The molecule has 1 amide bonds. The molecule has 1 unspecified atom stereocenters. The van der Waals surface area contributed by atoms with E-state index in [1.165, 1.54) is 12.8 Å². The summed E-state index contributed by atoms with van der Waals surface area (Å²) in [6.45, 7) is 5.63. The lowest BCUT2D eigenvalue weighted by atomic mass is 10.1. The minimum atomic E-state index is 0.0675. The molecule has 0 radical (unpaired) electrons. The van der Waals surface area contributed by atoms with Crippen LogP contribution in [0.3, 0.4) is 0 Å². The molecule has 2 saturated heterocycles. The van der Waals surface area contributed by atoms with E-state index in [1.54, 1.807) is 10.9 Å². The number of piperazine rings is 1. The van der Waals surface area contributed by atoms with Gasteiger partial charge in [0.1, 0.15) is 5.69 Å². The SMILES string of the molecule is Cc1nn(C)c2nc(-c3ccco3)cc(C(=O)N3CCN4CCCC4C3)c12. The van der Waals surface area contributed by atoms with Crippen LogP contribution in [0.5, 0.6) is 0 Å². The van der Waals surface area contributed by atoms with Crippen LogP contribution in [-0.4, -0.2) is 62.7 Å². The molecule has 0 N–H and O–H groups in total. The second-order valence-electron chi connectivity index (χ2n) is 7.52. The monoisotopic (exact) mass is 365 g/mol. The van der Waals surface area contributed by atoms with E-state index in [0.29, 0.717) is 28.7 Å². The van der Waals surface area contributed by atoms with E-state index >= 15 is 0 Å². The van der Waals surface area contributed by atoms with Crippen molar-refractivity contribution in [2.24, 2.45) is 7.05 Å². The number of pyridine rings is 1. The maximum Gasteiger partial charge on any atom is 0.254 e. The average Bonchev–Trinajstić information content (AvgIpc) is 3.41. The van der Waals surface area contributed by atoms with E-state index in [-0.39, 0.29) is 5.91 Å². The molecule has 0 bridgehead atoms. The molecule has 2 aliphatic heterocycles. The predicted octanol–water partition coefficient (Wildman–Crippen LogP) is 2.46. The first kappa shape index (κ1) is 16.5. The summed E-state index contributed by atoms with van der Waals surface area (Å²) in [5, 5.41) is 5.34. The van der Waals surface area contributed by atoms with Gasteiger partial charge in [-0.1, -0.05) is 0 Å². The molecule has 0 spiro atoms. The lowest BCUT2D eigenvalue weighted by Gasteiger charge is -2.37. The Kier molecular flexibility index (Phi) is 3.79. The Balaban J connectivity index is 1.59. The molecule has 7 heteroatoms. The van der Waals surface area contributed by atoms with Gasteiger partial charge in [0.25, 0.3) is 5.91 Å². The number of carbonyl (C=O) groups is 1. The van der Waals surface area contributed by atoms with Crippen LogP contribution in [0.1, 0.15) is 28.9 Å². The van der Waals surface area contributed by atoms with E-state index in [4.69, 9.17) is 9.40 Å². The highest BCUT2D eigenvalue weighted by Crippen LogP contribution is 2.29. The third kappa shape index (κ3) is 2.65. The Labute approximate surface area is 157 Å². The van der Waals surface area contributed by atoms with E-state index in [1.807, 2.05) is 37.1 Å².